The molecule has 1 fully saturated rings. The molecule has 156 valence electrons. The first-order chi connectivity index (χ1) is 14.6. The highest BCUT2D eigenvalue weighted by atomic mass is 35.5. The first-order valence-corrected chi connectivity index (χ1v) is 10.6. The van der Waals surface area contributed by atoms with E-state index in [2.05, 4.69) is 50.1 Å². The SMILES string of the molecule is Cn1cccc1CN1CCC(C(=O)NC(c2ccc(Cl)cc2)c2cnccn2)CC1. The van der Waals surface area contributed by atoms with Crippen molar-refractivity contribution in [2.75, 3.05) is 13.1 Å². The second-order valence-electron chi connectivity index (χ2n) is 7.78. The van der Waals surface area contributed by atoms with E-state index >= 15 is 0 Å². The van der Waals surface area contributed by atoms with Crippen LogP contribution in [0, 0.1) is 5.92 Å². The van der Waals surface area contributed by atoms with Crippen LogP contribution in [0.2, 0.25) is 5.02 Å². The number of aromatic nitrogens is 3. The molecule has 0 aliphatic carbocycles. The molecular formula is C23H26ClN5O. The van der Waals surface area contributed by atoms with Gasteiger partial charge in [-0.15, -0.1) is 0 Å². The second-order valence-corrected chi connectivity index (χ2v) is 8.22. The van der Waals surface area contributed by atoms with Crippen LogP contribution in [0.15, 0.2) is 61.2 Å². The maximum atomic E-state index is 13.1. The normalized spacial score (nSPS) is 16.3. The molecule has 1 aliphatic rings. The molecule has 1 saturated heterocycles. The molecule has 0 bridgehead atoms. The third-order valence-electron chi connectivity index (χ3n) is 5.76. The van der Waals surface area contributed by atoms with Gasteiger partial charge in [0.2, 0.25) is 5.91 Å². The molecule has 0 spiro atoms. The average molecular weight is 424 g/mol. The molecular weight excluding hydrogens is 398 g/mol. The molecule has 1 N–H and O–H groups in total. The molecule has 2 aromatic heterocycles. The van der Waals surface area contributed by atoms with Crippen LogP contribution in [-0.2, 0) is 18.4 Å². The number of nitrogens with zero attached hydrogens (tertiary/aromatic N) is 4. The highest BCUT2D eigenvalue weighted by Crippen LogP contribution is 2.25. The summed E-state index contributed by atoms with van der Waals surface area (Å²) in [5.74, 6) is 0.0697. The predicted octanol–water partition coefficient (Wildman–Crippen LogP) is 3.59. The number of benzene rings is 1. The average Bonchev–Trinajstić information content (AvgIpc) is 3.18. The lowest BCUT2D eigenvalue weighted by molar-refractivity contribution is -0.127. The summed E-state index contributed by atoms with van der Waals surface area (Å²) in [7, 11) is 2.07. The molecule has 0 radical (unpaired) electrons. The molecule has 4 rings (SSSR count). The Hall–Kier alpha value is -2.70. The largest absolute Gasteiger partial charge is 0.353 e. The van der Waals surface area contributed by atoms with Gasteiger partial charge in [-0.1, -0.05) is 23.7 Å². The zero-order chi connectivity index (χ0) is 20.9. The monoisotopic (exact) mass is 423 g/mol. The van der Waals surface area contributed by atoms with Gasteiger partial charge in [0.25, 0.3) is 0 Å². The number of amides is 1. The molecule has 30 heavy (non-hydrogen) atoms. The quantitative estimate of drug-likeness (QED) is 0.658. The number of carbonyl (C=O) groups is 1. The lowest BCUT2D eigenvalue weighted by Gasteiger charge is -2.32. The molecule has 1 atom stereocenters. The van der Waals surface area contributed by atoms with Gasteiger partial charge < -0.3 is 9.88 Å². The van der Waals surface area contributed by atoms with Gasteiger partial charge in [0.05, 0.1) is 17.9 Å². The predicted molar refractivity (Wildman–Crippen MR) is 117 cm³/mol. The van der Waals surface area contributed by atoms with Crippen molar-refractivity contribution in [2.24, 2.45) is 13.0 Å². The summed E-state index contributed by atoms with van der Waals surface area (Å²) in [6, 6.07) is 11.4. The van der Waals surface area contributed by atoms with E-state index in [9.17, 15) is 4.79 Å². The summed E-state index contributed by atoms with van der Waals surface area (Å²) in [4.78, 5) is 24.1. The van der Waals surface area contributed by atoms with E-state index in [1.54, 1.807) is 18.6 Å². The number of likely N-dealkylation sites (tertiary alicyclic amines) is 1. The highest BCUT2D eigenvalue weighted by molar-refractivity contribution is 6.30. The molecule has 7 heteroatoms. The van der Waals surface area contributed by atoms with Crippen molar-refractivity contribution in [1.29, 1.82) is 0 Å². The van der Waals surface area contributed by atoms with Crippen LogP contribution in [0.25, 0.3) is 0 Å². The number of aryl methyl sites for hydroxylation is 1. The standard InChI is InChI=1S/C23H26ClN5O/c1-28-12-2-3-20(28)16-29-13-8-18(9-14-29)23(30)27-22(21-15-25-10-11-26-21)17-4-6-19(24)7-5-17/h2-7,10-12,15,18,22H,8-9,13-14,16H2,1H3,(H,27,30). The minimum Gasteiger partial charge on any atom is -0.353 e. The van der Waals surface area contributed by atoms with Crippen molar-refractivity contribution in [1.82, 2.24) is 24.8 Å². The molecule has 1 unspecified atom stereocenters. The molecule has 1 aromatic carbocycles. The summed E-state index contributed by atoms with van der Waals surface area (Å²) < 4.78 is 2.15. The van der Waals surface area contributed by atoms with Crippen molar-refractivity contribution in [3.8, 4) is 0 Å². The Balaban J connectivity index is 1.40. The van der Waals surface area contributed by atoms with Crippen LogP contribution in [0.3, 0.4) is 0 Å². The van der Waals surface area contributed by atoms with Gasteiger partial charge in [-0.25, -0.2) is 0 Å². The summed E-state index contributed by atoms with van der Waals surface area (Å²) in [5.41, 5.74) is 2.95. The number of piperidine rings is 1. The molecule has 3 aromatic rings. The number of halogens is 1. The van der Waals surface area contributed by atoms with Crippen molar-refractivity contribution in [2.45, 2.75) is 25.4 Å². The highest BCUT2D eigenvalue weighted by Gasteiger charge is 2.28. The third-order valence-corrected chi connectivity index (χ3v) is 6.02. The van der Waals surface area contributed by atoms with E-state index in [4.69, 9.17) is 11.6 Å². The Labute approximate surface area is 181 Å². The van der Waals surface area contributed by atoms with Gasteiger partial charge >= 0.3 is 0 Å². The van der Waals surface area contributed by atoms with E-state index in [0.717, 1.165) is 38.0 Å². The van der Waals surface area contributed by atoms with Crippen LogP contribution in [0.4, 0.5) is 0 Å². The zero-order valence-corrected chi connectivity index (χ0v) is 17.8. The van der Waals surface area contributed by atoms with E-state index in [1.807, 2.05) is 24.3 Å². The summed E-state index contributed by atoms with van der Waals surface area (Å²) >= 11 is 6.04. The first-order valence-electron chi connectivity index (χ1n) is 10.2. The maximum Gasteiger partial charge on any atom is 0.224 e. The molecule has 3 heterocycles. The molecule has 1 amide bonds. The fourth-order valence-electron chi connectivity index (χ4n) is 3.95. The van der Waals surface area contributed by atoms with Crippen molar-refractivity contribution in [3.63, 3.8) is 0 Å². The summed E-state index contributed by atoms with van der Waals surface area (Å²) in [5, 5.41) is 3.86. The van der Waals surface area contributed by atoms with Crippen LogP contribution in [0.1, 0.15) is 35.8 Å². The van der Waals surface area contributed by atoms with Gasteiger partial charge in [-0.3, -0.25) is 19.7 Å². The van der Waals surface area contributed by atoms with Crippen LogP contribution in [0.5, 0.6) is 0 Å². The second kappa shape index (κ2) is 9.41. The smallest absolute Gasteiger partial charge is 0.224 e. The Morgan fingerprint density at radius 1 is 1.20 bits per heavy atom. The Morgan fingerprint density at radius 3 is 2.60 bits per heavy atom. The Kier molecular flexibility index (Phi) is 6.45. The Morgan fingerprint density at radius 2 is 1.97 bits per heavy atom. The maximum absolute atomic E-state index is 13.1. The fraction of sp³-hybridized carbons (Fsp3) is 0.348. The lowest BCUT2D eigenvalue weighted by Crippen LogP contribution is -2.41. The van der Waals surface area contributed by atoms with E-state index < -0.39 is 0 Å². The zero-order valence-electron chi connectivity index (χ0n) is 17.0. The van der Waals surface area contributed by atoms with Gasteiger partial charge in [-0.05, 0) is 55.8 Å². The molecule has 1 aliphatic heterocycles. The van der Waals surface area contributed by atoms with Gasteiger partial charge in [0.15, 0.2) is 0 Å². The van der Waals surface area contributed by atoms with Gasteiger partial charge in [-0.2, -0.15) is 0 Å². The molecule has 0 saturated carbocycles. The number of hydrogen-bond donors (Lipinski definition) is 1. The number of nitrogens with one attached hydrogen (secondary N) is 1. The number of carbonyl (C=O) groups excluding carboxylic acids is 1. The van der Waals surface area contributed by atoms with Crippen LogP contribution < -0.4 is 5.32 Å². The third kappa shape index (κ3) is 4.89. The van der Waals surface area contributed by atoms with Gasteiger partial charge in [0.1, 0.15) is 0 Å². The minimum absolute atomic E-state index is 0.00105. The van der Waals surface area contributed by atoms with Gasteiger partial charge in [0, 0.05) is 48.8 Å². The van der Waals surface area contributed by atoms with E-state index in [-0.39, 0.29) is 17.9 Å². The van der Waals surface area contributed by atoms with Crippen molar-refractivity contribution < 1.29 is 4.79 Å². The summed E-state index contributed by atoms with van der Waals surface area (Å²) in [6.07, 6.45) is 8.74. The van der Waals surface area contributed by atoms with E-state index in [0.29, 0.717) is 10.7 Å². The number of rotatable bonds is 6. The molecule has 6 nitrogen and oxygen atoms in total. The number of hydrogen-bond acceptors (Lipinski definition) is 4. The topological polar surface area (TPSA) is 63.1 Å². The minimum atomic E-state index is -0.343. The van der Waals surface area contributed by atoms with Crippen molar-refractivity contribution >= 4 is 17.5 Å². The van der Waals surface area contributed by atoms with Crippen LogP contribution >= 0.6 is 11.6 Å². The van der Waals surface area contributed by atoms with E-state index in [1.165, 1.54) is 5.69 Å². The summed E-state index contributed by atoms with van der Waals surface area (Å²) in [6.45, 7) is 2.75. The lowest BCUT2D eigenvalue weighted by atomic mass is 9.94. The Bertz CT molecular complexity index is 965. The first kappa shape index (κ1) is 20.6. The van der Waals surface area contributed by atoms with Crippen LogP contribution in [-0.4, -0.2) is 38.4 Å². The fourth-order valence-corrected chi connectivity index (χ4v) is 4.07. The van der Waals surface area contributed by atoms with Crippen molar-refractivity contribution in [3.05, 3.63) is 83.2 Å².